The van der Waals surface area contributed by atoms with Gasteiger partial charge in [0.1, 0.15) is 5.75 Å². The first-order valence-corrected chi connectivity index (χ1v) is 5.26. The van der Waals surface area contributed by atoms with Gasteiger partial charge in [0.25, 0.3) is 0 Å². The van der Waals surface area contributed by atoms with E-state index in [9.17, 15) is 0 Å². The van der Waals surface area contributed by atoms with Crippen molar-refractivity contribution in [2.75, 3.05) is 0 Å². The Kier molecular flexibility index (Phi) is 2.97. The van der Waals surface area contributed by atoms with Gasteiger partial charge in [0, 0.05) is 16.9 Å². The van der Waals surface area contributed by atoms with Crippen LogP contribution in [-0.4, -0.2) is 9.97 Å². The summed E-state index contributed by atoms with van der Waals surface area (Å²) in [5.74, 6) is 1.29. The summed E-state index contributed by atoms with van der Waals surface area (Å²) in [6.45, 7) is 1.86. The predicted molar refractivity (Wildman–Crippen MR) is 61.0 cm³/mol. The van der Waals surface area contributed by atoms with Crippen LogP contribution in [0, 0.1) is 6.92 Å². The molecule has 0 aliphatic carbocycles. The average Bonchev–Trinajstić information content (AvgIpc) is 2.25. The highest BCUT2D eigenvalue weighted by Crippen LogP contribution is 2.22. The second-order valence-electron chi connectivity index (χ2n) is 3.00. The first kappa shape index (κ1) is 10.1. The third-order valence-corrected chi connectivity index (χ3v) is 2.39. The zero-order chi connectivity index (χ0) is 10.7. The minimum absolute atomic E-state index is 0.542. The number of nitrogens with zero attached hydrogens (tertiary/aromatic N) is 2. The fourth-order valence-corrected chi connectivity index (χ4v) is 1.37. The van der Waals surface area contributed by atoms with E-state index in [0.717, 1.165) is 15.9 Å². The maximum atomic E-state index is 5.57. The van der Waals surface area contributed by atoms with Crippen molar-refractivity contribution in [1.29, 1.82) is 0 Å². The quantitative estimate of drug-likeness (QED) is 0.835. The van der Waals surface area contributed by atoms with Crippen molar-refractivity contribution in [3.8, 4) is 11.6 Å². The summed E-state index contributed by atoms with van der Waals surface area (Å²) < 4.78 is 6.59. The highest BCUT2D eigenvalue weighted by atomic mass is 79.9. The van der Waals surface area contributed by atoms with Crippen molar-refractivity contribution < 1.29 is 4.74 Å². The number of aryl methyl sites for hydroxylation is 1. The number of rotatable bonds is 2. The van der Waals surface area contributed by atoms with E-state index < -0.39 is 0 Å². The van der Waals surface area contributed by atoms with Crippen molar-refractivity contribution in [2.45, 2.75) is 6.92 Å². The maximum absolute atomic E-state index is 5.57. The Morgan fingerprint density at radius 2 is 1.73 bits per heavy atom. The molecule has 0 radical (unpaired) electrons. The van der Waals surface area contributed by atoms with Crippen molar-refractivity contribution in [3.05, 3.63) is 46.8 Å². The van der Waals surface area contributed by atoms with Gasteiger partial charge in [-0.3, -0.25) is 4.98 Å². The van der Waals surface area contributed by atoms with Gasteiger partial charge in [0.05, 0.1) is 5.69 Å². The van der Waals surface area contributed by atoms with Crippen LogP contribution in [-0.2, 0) is 0 Å². The number of hydrogen-bond acceptors (Lipinski definition) is 3. The second kappa shape index (κ2) is 4.40. The van der Waals surface area contributed by atoms with Gasteiger partial charge in [-0.05, 0) is 31.2 Å². The van der Waals surface area contributed by atoms with Crippen LogP contribution in [0.4, 0.5) is 0 Å². The monoisotopic (exact) mass is 264 g/mol. The number of aromatic nitrogens is 2. The number of halogens is 1. The van der Waals surface area contributed by atoms with Crippen LogP contribution < -0.4 is 4.74 Å². The molecule has 4 heteroatoms. The van der Waals surface area contributed by atoms with Gasteiger partial charge in [0.15, 0.2) is 0 Å². The molecule has 0 amide bonds. The van der Waals surface area contributed by atoms with Crippen molar-refractivity contribution in [1.82, 2.24) is 9.97 Å². The van der Waals surface area contributed by atoms with E-state index in [4.69, 9.17) is 4.74 Å². The highest BCUT2D eigenvalue weighted by molar-refractivity contribution is 9.10. The molecule has 0 aliphatic rings. The zero-order valence-corrected chi connectivity index (χ0v) is 9.73. The summed E-state index contributed by atoms with van der Waals surface area (Å²) in [7, 11) is 0. The lowest BCUT2D eigenvalue weighted by Crippen LogP contribution is -1.92. The van der Waals surface area contributed by atoms with Crippen LogP contribution in [0.1, 0.15) is 5.69 Å². The second-order valence-corrected chi connectivity index (χ2v) is 3.92. The smallest absolute Gasteiger partial charge is 0.240 e. The Morgan fingerprint density at radius 3 is 2.40 bits per heavy atom. The maximum Gasteiger partial charge on any atom is 0.240 e. The molecule has 0 spiro atoms. The third kappa shape index (κ3) is 2.53. The van der Waals surface area contributed by atoms with Crippen LogP contribution >= 0.6 is 15.9 Å². The zero-order valence-electron chi connectivity index (χ0n) is 8.14. The Balaban J connectivity index is 2.22. The average molecular weight is 265 g/mol. The Morgan fingerprint density at radius 1 is 1.07 bits per heavy atom. The molecule has 0 bridgehead atoms. The molecule has 2 aromatic rings. The Hall–Kier alpha value is -1.42. The largest absolute Gasteiger partial charge is 0.437 e. The standard InChI is InChI=1S/C11H9BrN2O/c1-8-11(14-7-6-13-8)15-10-4-2-9(12)3-5-10/h2-7H,1H3. The highest BCUT2D eigenvalue weighted by Gasteiger charge is 2.02. The van der Waals surface area contributed by atoms with E-state index in [1.165, 1.54) is 0 Å². The molecular weight excluding hydrogens is 256 g/mol. The van der Waals surface area contributed by atoms with Gasteiger partial charge in [-0.25, -0.2) is 4.98 Å². The van der Waals surface area contributed by atoms with Crippen LogP contribution in [0.2, 0.25) is 0 Å². The van der Waals surface area contributed by atoms with Gasteiger partial charge < -0.3 is 4.74 Å². The minimum Gasteiger partial charge on any atom is -0.437 e. The molecule has 76 valence electrons. The molecule has 1 aromatic carbocycles. The summed E-state index contributed by atoms with van der Waals surface area (Å²) in [5.41, 5.74) is 0.778. The molecule has 1 aromatic heterocycles. The molecule has 0 saturated heterocycles. The van der Waals surface area contributed by atoms with Gasteiger partial charge in [-0.15, -0.1) is 0 Å². The van der Waals surface area contributed by atoms with Gasteiger partial charge in [-0.2, -0.15) is 0 Å². The lowest BCUT2D eigenvalue weighted by molar-refractivity contribution is 0.455. The fraction of sp³-hybridized carbons (Fsp3) is 0.0909. The Bertz CT molecular complexity index is 456. The molecular formula is C11H9BrN2O. The first-order chi connectivity index (χ1) is 7.25. The predicted octanol–water partition coefficient (Wildman–Crippen LogP) is 3.34. The summed E-state index contributed by atoms with van der Waals surface area (Å²) in [6.07, 6.45) is 3.25. The van der Waals surface area contributed by atoms with E-state index in [-0.39, 0.29) is 0 Å². The van der Waals surface area contributed by atoms with E-state index in [1.807, 2.05) is 31.2 Å². The van der Waals surface area contributed by atoms with Crippen molar-refractivity contribution in [3.63, 3.8) is 0 Å². The topological polar surface area (TPSA) is 35.0 Å². The normalized spacial score (nSPS) is 10.0. The van der Waals surface area contributed by atoms with E-state index in [0.29, 0.717) is 5.88 Å². The van der Waals surface area contributed by atoms with Crippen LogP contribution in [0.25, 0.3) is 0 Å². The molecule has 0 unspecified atom stereocenters. The molecule has 0 atom stereocenters. The number of hydrogen-bond donors (Lipinski definition) is 0. The molecule has 3 nitrogen and oxygen atoms in total. The van der Waals surface area contributed by atoms with E-state index in [1.54, 1.807) is 12.4 Å². The summed E-state index contributed by atoms with van der Waals surface area (Å²) in [6, 6.07) is 7.58. The van der Waals surface area contributed by atoms with Crippen LogP contribution in [0.3, 0.4) is 0 Å². The minimum atomic E-state index is 0.542. The molecule has 0 aliphatic heterocycles. The van der Waals surface area contributed by atoms with E-state index >= 15 is 0 Å². The van der Waals surface area contributed by atoms with Crippen molar-refractivity contribution in [2.24, 2.45) is 0 Å². The lowest BCUT2D eigenvalue weighted by Gasteiger charge is -2.05. The first-order valence-electron chi connectivity index (χ1n) is 4.47. The molecule has 0 fully saturated rings. The summed E-state index contributed by atoms with van der Waals surface area (Å²) in [4.78, 5) is 8.20. The van der Waals surface area contributed by atoms with Crippen molar-refractivity contribution >= 4 is 15.9 Å². The number of benzene rings is 1. The van der Waals surface area contributed by atoms with Gasteiger partial charge >= 0.3 is 0 Å². The molecule has 15 heavy (non-hydrogen) atoms. The molecule has 0 N–H and O–H groups in total. The SMILES string of the molecule is Cc1nccnc1Oc1ccc(Br)cc1. The molecule has 2 rings (SSSR count). The number of ether oxygens (including phenoxy) is 1. The lowest BCUT2D eigenvalue weighted by atomic mass is 10.3. The fourth-order valence-electron chi connectivity index (χ4n) is 1.11. The molecule has 0 saturated carbocycles. The molecule has 1 heterocycles. The van der Waals surface area contributed by atoms with Crippen LogP contribution in [0.5, 0.6) is 11.6 Å². The van der Waals surface area contributed by atoms with Gasteiger partial charge in [-0.1, -0.05) is 15.9 Å². The Labute approximate surface area is 96.3 Å². The van der Waals surface area contributed by atoms with Gasteiger partial charge in [0.2, 0.25) is 5.88 Å². The third-order valence-electron chi connectivity index (χ3n) is 1.86. The van der Waals surface area contributed by atoms with Crippen LogP contribution in [0.15, 0.2) is 41.1 Å². The summed E-state index contributed by atoms with van der Waals surface area (Å²) >= 11 is 3.36. The summed E-state index contributed by atoms with van der Waals surface area (Å²) in [5, 5.41) is 0. The van der Waals surface area contributed by atoms with E-state index in [2.05, 4.69) is 25.9 Å².